The number of nitrogens with two attached hydrogens (primary N) is 1. The van der Waals surface area contributed by atoms with Gasteiger partial charge in [0, 0.05) is 12.1 Å². The van der Waals surface area contributed by atoms with Crippen LogP contribution in [-0.4, -0.2) is 43.4 Å². The summed E-state index contributed by atoms with van der Waals surface area (Å²) < 4.78 is 52.4. The van der Waals surface area contributed by atoms with Crippen molar-refractivity contribution in [1.82, 2.24) is 9.62 Å². The number of rotatable bonds is 9. The summed E-state index contributed by atoms with van der Waals surface area (Å²) in [7, 11) is -3.81. The van der Waals surface area contributed by atoms with Crippen LogP contribution in [0, 0.1) is 23.0 Å². The van der Waals surface area contributed by atoms with E-state index in [4.69, 9.17) is 11.0 Å². The van der Waals surface area contributed by atoms with Gasteiger partial charge < -0.3 is 11.1 Å². The molecule has 0 saturated heterocycles. The van der Waals surface area contributed by atoms with Gasteiger partial charge >= 0.3 is 0 Å². The van der Waals surface area contributed by atoms with E-state index in [-0.39, 0.29) is 12.1 Å². The summed E-state index contributed by atoms with van der Waals surface area (Å²) in [6.07, 6.45) is 0.515. The van der Waals surface area contributed by atoms with E-state index in [1.807, 2.05) is 0 Å². The molecule has 0 radical (unpaired) electrons. The minimum Gasteiger partial charge on any atom is -0.370 e. The number of hydrogen-bond donors (Lipinski definition) is 2. The number of nitrogens with one attached hydrogen (secondary N) is 1. The molecule has 1 atom stereocenters. The number of amides is 2. The monoisotopic (exact) mass is 450 g/mol. The Balaban J connectivity index is 2.14. The Morgan fingerprint density at radius 2 is 1.84 bits per heavy atom. The zero-order valence-corrected chi connectivity index (χ0v) is 17.3. The van der Waals surface area contributed by atoms with Crippen LogP contribution in [0.15, 0.2) is 42.5 Å². The molecule has 2 aromatic rings. The Morgan fingerprint density at radius 3 is 2.39 bits per heavy atom. The predicted molar refractivity (Wildman–Crippen MR) is 108 cm³/mol. The maximum atomic E-state index is 14.0. The van der Waals surface area contributed by atoms with Crippen LogP contribution in [0.4, 0.5) is 8.78 Å². The molecule has 2 rings (SSSR count). The molecule has 11 heteroatoms. The molecule has 0 saturated carbocycles. The van der Waals surface area contributed by atoms with Gasteiger partial charge in [0.25, 0.3) is 0 Å². The van der Waals surface area contributed by atoms with Gasteiger partial charge in [0.05, 0.1) is 25.3 Å². The number of primary amides is 1. The van der Waals surface area contributed by atoms with E-state index in [0.29, 0.717) is 11.1 Å². The van der Waals surface area contributed by atoms with Crippen molar-refractivity contribution in [2.75, 3.05) is 12.8 Å². The van der Waals surface area contributed by atoms with Gasteiger partial charge in [0.15, 0.2) is 11.6 Å². The van der Waals surface area contributed by atoms with E-state index in [1.54, 1.807) is 6.07 Å². The van der Waals surface area contributed by atoms with E-state index >= 15 is 0 Å². The van der Waals surface area contributed by atoms with Crippen molar-refractivity contribution in [3.05, 3.63) is 59.7 Å². The van der Waals surface area contributed by atoms with Gasteiger partial charge in [-0.3, -0.25) is 9.59 Å². The highest BCUT2D eigenvalue weighted by Gasteiger charge is 2.23. The quantitative estimate of drug-likeness (QED) is 0.594. The number of hydrogen-bond acceptors (Lipinski definition) is 5. The lowest BCUT2D eigenvalue weighted by molar-refractivity contribution is -0.122. The molecule has 0 bridgehead atoms. The van der Waals surface area contributed by atoms with Gasteiger partial charge in [-0.1, -0.05) is 36.4 Å². The SMILES string of the molecule is CS(=O)(=O)N(CC(=O)N[C@H](C#N)CC(N)=O)Cc1ccc(-c2cccc(F)c2F)cc1. The number of nitriles is 1. The van der Waals surface area contributed by atoms with Crippen LogP contribution < -0.4 is 11.1 Å². The summed E-state index contributed by atoms with van der Waals surface area (Å²) in [5, 5.41) is 11.2. The van der Waals surface area contributed by atoms with Crippen LogP contribution >= 0.6 is 0 Å². The van der Waals surface area contributed by atoms with Gasteiger partial charge in [0.2, 0.25) is 21.8 Å². The van der Waals surface area contributed by atoms with Gasteiger partial charge in [-0.05, 0) is 17.2 Å². The molecule has 2 amide bonds. The van der Waals surface area contributed by atoms with Crippen LogP contribution in [0.3, 0.4) is 0 Å². The topological polar surface area (TPSA) is 133 Å². The number of sulfonamides is 1. The highest BCUT2D eigenvalue weighted by molar-refractivity contribution is 7.88. The van der Waals surface area contributed by atoms with Crippen molar-refractivity contribution < 1.29 is 26.8 Å². The molecule has 0 aliphatic carbocycles. The van der Waals surface area contributed by atoms with E-state index in [0.717, 1.165) is 16.6 Å². The lowest BCUT2D eigenvalue weighted by Crippen LogP contribution is -2.44. The summed E-state index contributed by atoms with van der Waals surface area (Å²) in [6, 6.07) is 10.4. The molecular weight excluding hydrogens is 430 g/mol. The average Bonchev–Trinajstić information content (AvgIpc) is 2.68. The normalized spacial score (nSPS) is 12.2. The Hall–Kier alpha value is -3.36. The zero-order chi connectivity index (χ0) is 23.2. The Bertz CT molecular complexity index is 1110. The van der Waals surface area contributed by atoms with Gasteiger partial charge in [-0.15, -0.1) is 0 Å². The summed E-state index contributed by atoms with van der Waals surface area (Å²) in [6.45, 7) is -0.763. The van der Waals surface area contributed by atoms with Crippen molar-refractivity contribution in [3.63, 3.8) is 0 Å². The van der Waals surface area contributed by atoms with Crippen molar-refractivity contribution in [2.24, 2.45) is 5.73 Å². The second-order valence-corrected chi connectivity index (χ2v) is 8.73. The first-order valence-electron chi connectivity index (χ1n) is 8.97. The number of nitrogens with zero attached hydrogens (tertiary/aromatic N) is 2. The highest BCUT2D eigenvalue weighted by Crippen LogP contribution is 2.25. The third-order valence-corrected chi connectivity index (χ3v) is 5.46. The Labute approximate surface area is 178 Å². The molecule has 3 N–H and O–H groups in total. The lowest BCUT2D eigenvalue weighted by atomic mass is 10.0. The summed E-state index contributed by atoms with van der Waals surface area (Å²) in [5.41, 5.74) is 5.94. The average molecular weight is 450 g/mol. The van der Waals surface area contributed by atoms with Crippen molar-refractivity contribution >= 4 is 21.8 Å². The van der Waals surface area contributed by atoms with E-state index < -0.39 is 52.5 Å². The fourth-order valence-corrected chi connectivity index (χ4v) is 3.48. The molecule has 0 aliphatic rings. The number of halogens is 2. The van der Waals surface area contributed by atoms with Crippen molar-refractivity contribution in [2.45, 2.75) is 19.0 Å². The fourth-order valence-electron chi connectivity index (χ4n) is 2.74. The van der Waals surface area contributed by atoms with Crippen LogP contribution in [0.1, 0.15) is 12.0 Å². The molecule has 0 spiro atoms. The maximum Gasteiger partial charge on any atom is 0.236 e. The first-order valence-corrected chi connectivity index (χ1v) is 10.8. The first kappa shape index (κ1) is 23.9. The highest BCUT2D eigenvalue weighted by atomic mass is 32.2. The van der Waals surface area contributed by atoms with Crippen LogP contribution in [0.25, 0.3) is 11.1 Å². The molecule has 0 aromatic heterocycles. The molecule has 164 valence electrons. The lowest BCUT2D eigenvalue weighted by Gasteiger charge is -2.20. The molecular formula is C20H20F2N4O4S. The van der Waals surface area contributed by atoms with Crippen molar-refractivity contribution in [3.8, 4) is 17.2 Å². The fraction of sp³-hybridized carbons (Fsp3) is 0.250. The summed E-state index contributed by atoms with van der Waals surface area (Å²) in [4.78, 5) is 23.1. The Kier molecular flexibility index (Phi) is 7.79. The predicted octanol–water partition coefficient (Wildman–Crippen LogP) is 1.28. The van der Waals surface area contributed by atoms with E-state index in [9.17, 15) is 26.8 Å². The smallest absolute Gasteiger partial charge is 0.236 e. The van der Waals surface area contributed by atoms with E-state index in [1.165, 1.54) is 36.4 Å². The molecule has 2 aromatic carbocycles. The summed E-state index contributed by atoms with van der Waals surface area (Å²) >= 11 is 0. The first-order chi connectivity index (χ1) is 14.5. The number of carbonyl (C=O) groups is 2. The second-order valence-electron chi connectivity index (χ2n) is 6.75. The van der Waals surface area contributed by atoms with Crippen LogP contribution in [0.2, 0.25) is 0 Å². The third kappa shape index (κ3) is 6.84. The second kappa shape index (κ2) is 10.1. The van der Waals surface area contributed by atoms with Gasteiger partial charge in [-0.2, -0.15) is 9.57 Å². The van der Waals surface area contributed by atoms with Crippen molar-refractivity contribution in [1.29, 1.82) is 5.26 Å². The van der Waals surface area contributed by atoms with E-state index in [2.05, 4.69) is 5.32 Å². The zero-order valence-electron chi connectivity index (χ0n) is 16.5. The molecule has 0 unspecified atom stereocenters. The molecule has 8 nitrogen and oxygen atoms in total. The molecule has 0 fully saturated rings. The summed E-state index contributed by atoms with van der Waals surface area (Å²) in [5.74, 6) is -3.55. The number of carbonyl (C=O) groups excluding carboxylic acids is 2. The standard InChI is InChI=1S/C20H20F2N4O4S/c1-31(29,30)26(12-19(28)25-15(10-23)9-18(24)27)11-13-5-7-14(8-6-13)16-3-2-4-17(21)20(16)22/h2-8,15H,9,11-12H2,1H3,(H2,24,27)(H,25,28)/t15-/m0/s1. The van der Waals surface area contributed by atoms with Gasteiger partial charge in [-0.25, -0.2) is 17.2 Å². The Morgan fingerprint density at radius 1 is 1.19 bits per heavy atom. The van der Waals surface area contributed by atoms with Crippen LogP contribution in [0.5, 0.6) is 0 Å². The third-order valence-electron chi connectivity index (χ3n) is 4.26. The molecule has 0 aliphatic heterocycles. The number of benzene rings is 2. The largest absolute Gasteiger partial charge is 0.370 e. The maximum absolute atomic E-state index is 14.0. The van der Waals surface area contributed by atoms with Gasteiger partial charge in [0.1, 0.15) is 6.04 Å². The minimum atomic E-state index is -3.81. The minimum absolute atomic E-state index is 0.0582. The molecule has 0 heterocycles. The van der Waals surface area contributed by atoms with Crippen LogP contribution in [-0.2, 0) is 26.2 Å². The molecule has 31 heavy (non-hydrogen) atoms.